The van der Waals surface area contributed by atoms with E-state index in [4.69, 9.17) is 11.6 Å². The highest BCUT2D eigenvalue weighted by Crippen LogP contribution is 2.20. The summed E-state index contributed by atoms with van der Waals surface area (Å²) in [5.41, 5.74) is 1.83. The second-order valence-corrected chi connectivity index (χ2v) is 3.06. The number of carbonyl (C=O) groups excluding carboxylic acids is 1. The van der Waals surface area contributed by atoms with Crippen LogP contribution >= 0.6 is 11.6 Å². The molecule has 0 aliphatic rings. The molecular weight excluding hydrogens is 174 g/mol. The normalized spacial score (nSPS) is 9.58. The smallest absolute Gasteiger partial charge is 0.213 e. The molecule has 1 rings (SSSR count). The largest absolute Gasteiger partial charge is 0.318 e. The summed E-state index contributed by atoms with van der Waals surface area (Å²) in [5.74, 6) is 0. The van der Waals surface area contributed by atoms with E-state index in [1.165, 1.54) is 4.90 Å². The maximum atomic E-state index is 10.4. The number of nitrogens with zero attached hydrogens (tertiary/aromatic N) is 1. The lowest BCUT2D eigenvalue weighted by Gasteiger charge is -2.11. The van der Waals surface area contributed by atoms with Crippen LogP contribution in [0, 0.1) is 6.92 Å². The number of anilines is 1. The zero-order chi connectivity index (χ0) is 9.14. The van der Waals surface area contributed by atoms with Crippen molar-refractivity contribution < 1.29 is 4.79 Å². The minimum absolute atomic E-state index is 0.720. The van der Waals surface area contributed by atoms with Gasteiger partial charge in [-0.15, -0.1) is 0 Å². The predicted octanol–water partition coefficient (Wildman–Crippen LogP) is 2.24. The molecule has 0 fully saturated rings. The molecule has 12 heavy (non-hydrogen) atoms. The molecule has 0 N–H and O–H groups in total. The van der Waals surface area contributed by atoms with Gasteiger partial charge in [-0.1, -0.05) is 11.6 Å². The molecule has 1 amide bonds. The first-order chi connectivity index (χ1) is 5.65. The van der Waals surface area contributed by atoms with Crippen molar-refractivity contribution in [3.8, 4) is 0 Å². The van der Waals surface area contributed by atoms with Gasteiger partial charge in [0.1, 0.15) is 0 Å². The van der Waals surface area contributed by atoms with Gasteiger partial charge in [0, 0.05) is 17.8 Å². The first kappa shape index (κ1) is 9.07. The summed E-state index contributed by atoms with van der Waals surface area (Å²) in [5, 5.41) is 0.720. The number of rotatable bonds is 2. The van der Waals surface area contributed by atoms with Gasteiger partial charge in [-0.05, 0) is 30.7 Å². The Bertz CT molecular complexity index is 299. The van der Waals surface area contributed by atoms with Crippen LogP contribution in [0.3, 0.4) is 0 Å². The molecule has 0 spiro atoms. The van der Waals surface area contributed by atoms with E-state index in [1.807, 2.05) is 19.1 Å². The summed E-state index contributed by atoms with van der Waals surface area (Å²) < 4.78 is 0. The second-order valence-electron chi connectivity index (χ2n) is 2.65. The monoisotopic (exact) mass is 183 g/mol. The Morgan fingerprint density at radius 1 is 1.50 bits per heavy atom. The van der Waals surface area contributed by atoms with Crippen LogP contribution in [0.2, 0.25) is 5.02 Å². The molecule has 0 aliphatic carbocycles. The number of amides is 1. The quantitative estimate of drug-likeness (QED) is 0.644. The number of carbonyl (C=O) groups is 1. The molecule has 0 saturated carbocycles. The minimum atomic E-state index is 0.720. The minimum Gasteiger partial charge on any atom is -0.318 e. The van der Waals surface area contributed by atoms with E-state index in [2.05, 4.69) is 0 Å². The van der Waals surface area contributed by atoms with Gasteiger partial charge in [0.25, 0.3) is 0 Å². The molecule has 0 saturated heterocycles. The molecule has 0 radical (unpaired) electrons. The molecule has 1 aromatic rings. The lowest BCUT2D eigenvalue weighted by atomic mass is 10.2. The maximum Gasteiger partial charge on any atom is 0.213 e. The van der Waals surface area contributed by atoms with E-state index in [-0.39, 0.29) is 0 Å². The highest BCUT2D eigenvalue weighted by atomic mass is 35.5. The SMILES string of the molecule is Cc1cc(N(C)C=O)ccc1Cl. The van der Waals surface area contributed by atoms with Crippen LogP contribution in [-0.2, 0) is 4.79 Å². The Balaban J connectivity index is 3.04. The highest BCUT2D eigenvalue weighted by Gasteiger charge is 2.00. The molecule has 2 nitrogen and oxygen atoms in total. The van der Waals surface area contributed by atoms with E-state index < -0.39 is 0 Å². The Labute approximate surface area is 76.8 Å². The van der Waals surface area contributed by atoms with Gasteiger partial charge in [0.2, 0.25) is 6.41 Å². The predicted molar refractivity (Wildman–Crippen MR) is 50.7 cm³/mol. The number of aryl methyl sites for hydroxylation is 1. The van der Waals surface area contributed by atoms with Crippen molar-refractivity contribution in [2.75, 3.05) is 11.9 Å². The number of hydrogen-bond acceptors (Lipinski definition) is 1. The second kappa shape index (κ2) is 3.59. The average Bonchev–Trinajstić information content (AvgIpc) is 2.08. The molecule has 64 valence electrons. The van der Waals surface area contributed by atoms with Crippen LogP contribution in [-0.4, -0.2) is 13.5 Å². The van der Waals surface area contributed by atoms with Crippen molar-refractivity contribution in [2.24, 2.45) is 0 Å². The highest BCUT2D eigenvalue weighted by molar-refractivity contribution is 6.31. The first-order valence-electron chi connectivity index (χ1n) is 3.59. The summed E-state index contributed by atoms with van der Waals surface area (Å²) in [6.07, 6.45) is 0.767. The zero-order valence-electron chi connectivity index (χ0n) is 7.04. The van der Waals surface area contributed by atoms with Gasteiger partial charge in [-0.2, -0.15) is 0 Å². The van der Waals surface area contributed by atoms with Crippen LogP contribution in [0.4, 0.5) is 5.69 Å². The zero-order valence-corrected chi connectivity index (χ0v) is 7.80. The van der Waals surface area contributed by atoms with E-state index >= 15 is 0 Å². The molecule has 0 unspecified atom stereocenters. The Kier molecular flexibility index (Phi) is 2.71. The summed E-state index contributed by atoms with van der Waals surface area (Å²) in [4.78, 5) is 11.9. The number of halogens is 1. The Morgan fingerprint density at radius 2 is 2.17 bits per heavy atom. The molecular formula is C9H10ClNO. The fourth-order valence-corrected chi connectivity index (χ4v) is 1.03. The lowest BCUT2D eigenvalue weighted by Crippen LogP contribution is -2.13. The summed E-state index contributed by atoms with van der Waals surface area (Å²) in [6, 6.07) is 5.46. The van der Waals surface area contributed by atoms with Crippen molar-refractivity contribution >= 4 is 23.7 Å². The van der Waals surface area contributed by atoms with E-state index in [9.17, 15) is 4.79 Å². The van der Waals surface area contributed by atoms with Crippen LogP contribution in [0.1, 0.15) is 5.56 Å². The van der Waals surface area contributed by atoms with Crippen LogP contribution < -0.4 is 4.90 Å². The third kappa shape index (κ3) is 1.77. The van der Waals surface area contributed by atoms with Gasteiger partial charge >= 0.3 is 0 Å². The van der Waals surface area contributed by atoms with Crippen LogP contribution in [0.15, 0.2) is 18.2 Å². The maximum absolute atomic E-state index is 10.4. The number of hydrogen-bond donors (Lipinski definition) is 0. The van der Waals surface area contributed by atoms with Crippen molar-refractivity contribution in [3.63, 3.8) is 0 Å². The van der Waals surface area contributed by atoms with Gasteiger partial charge in [-0.3, -0.25) is 4.79 Å². The molecule has 1 aromatic carbocycles. The standard InChI is InChI=1S/C9H10ClNO/c1-7-5-8(11(2)6-12)3-4-9(7)10/h3-6H,1-2H3. The molecule has 0 heterocycles. The number of benzene rings is 1. The van der Waals surface area contributed by atoms with E-state index in [0.29, 0.717) is 0 Å². The Morgan fingerprint density at radius 3 is 2.67 bits per heavy atom. The third-order valence-corrected chi connectivity index (χ3v) is 2.13. The average molecular weight is 184 g/mol. The molecule has 0 aliphatic heterocycles. The van der Waals surface area contributed by atoms with Gasteiger partial charge in [-0.25, -0.2) is 0 Å². The third-order valence-electron chi connectivity index (χ3n) is 1.71. The van der Waals surface area contributed by atoms with Crippen LogP contribution in [0.5, 0.6) is 0 Å². The van der Waals surface area contributed by atoms with Crippen molar-refractivity contribution in [2.45, 2.75) is 6.92 Å². The van der Waals surface area contributed by atoms with Crippen molar-refractivity contribution in [1.82, 2.24) is 0 Å². The van der Waals surface area contributed by atoms with E-state index in [1.54, 1.807) is 13.1 Å². The van der Waals surface area contributed by atoms with E-state index in [0.717, 1.165) is 22.7 Å². The van der Waals surface area contributed by atoms with Gasteiger partial charge in [0.05, 0.1) is 0 Å². The van der Waals surface area contributed by atoms with Crippen LogP contribution in [0.25, 0.3) is 0 Å². The summed E-state index contributed by atoms with van der Waals surface area (Å²) in [7, 11) is 1.70. The molecule has 0 aromatic heterocycles. The van der Waals surface area contributed by atoms with Crippen molar-refractivity contribution in [1.29, 1.82) is 0 Å². The molecule has 3 heteroatoms. The fraction of sp³-hybridized carbons (Fsp3) is 0.222. The molecule has 0 atom stereocenters. The lowest BCUT2D eigenvalue weighted by molar-refractivity contribution is -0.107. The topological polar surface area (TPSA) is 20.3 Å². The fourth-order valence-electron chi connectivity index (χ4n) is 0.909. The first-order valence-corrected chi connectivity index (χ1v) is 3.97. The van der Waals surface area contributed by atoms with Crippen molar-refractivity contribution in [3.05, 3.63) is 28.8 Å². The Hall–Kier alpha value is -1.02. The van der Waals surface area contributed by atoms with Gasteiger partial charge in [0.15, 0.2) is 0 Å². The summed E-state index contributed by atoms with van der Waals surface area (Å²) in [6.45, 7) is 1.91. The summed E-state index contributed by atoms with van der Waals surface area (Å²) >= 11 is 5.82. The van der Waals surface area contributed by atoms with Gasteiger partial charge < -0.3 is 4.90 Å². The molecule has 0 bridgehead atoms.